The third-order valence-corrected chi connectivity index (χ3v) is 4.94. The molecule has 1 saturated heterocycles. The van der Waals surface area contributed by atoms with E-state index in [4.69, 9.17) is 0 Å². The minimum Gasteiger partial charge on any atom is -0.337 e. The first kappa shape index (κ1) is 14.4. The van der Waals surface area contributed by atoms with Gasteiger partial charge in [-0.25, -0.2) is 0 Å². The van der Waals surface area contributed by atoms with E-state index < -0.39 is 0 Å². The number of rotatable bonds is 1. The summed E-state index contributed by atoms with van der Waals surface area (Å²) in [6.45, 7) is 3.48. The number of amides is 2. The molecule has 1 aromatic carbocycles. The Hall–Kier alpha value is -1.53. The maximum absolute atomic E-state index is 12.6. The molecular weight excluding hydrogens is 286 g/mol. The Balaban J connectivity index is 1.78. The van der Waals surface area contributed by atoms with Crippen molar-refractivity contribution >= 4 is 29.3 Å². The predicted molar refractivity (Wildman–Crippen MR) is 83.8 cm³/mol. The van der Waals surface area contributed by atoms with Crippen LogP contribution in [0.4, 0.5) is 5.69 Å². The topological polar surface area (TPSA) is 52.6 Å². The number of nitrogens with one attached hydrogen (secondary N) is 1. The monoisotopic (exact) mass is 305 g/mol. The van der Waals surface area contributed by atoms with E-state index in [1.165, 1.54) is 11.8 Å². The largest absolute Gasteiger partial charge is 0.337 e. The molecule has 6 heteroatoms. The molecule has 2 aliphatic rings. The molecule has 3 rings (SSSR count). The van der Waals surface area contributed by atoms with Gasteiger partial charge in [-0.3, -0.25) is 9.59 Å². The second kappa shape index (κ2) is 6.07. The van der Waals surface area contributed by atoms with Gasteiger partial charge in [0.15, 0.2) is 0 Å². The molecule has 0 aliphatic carbocycles. The lowest BCUT2D eigenvalue weighted by atomic mass is 10.1. The van der Waals surface area contributed by atoms with Gasteiger partial charge in [0.05, 0.1) is 11.4 Å². The predicted octanol–water partition coefficient (Wildman–Crippen LogP) is 1.51. The van der Waals surface area contributed by atoms with Crippen molar-refractivity contribution in [2.45, 2.75) is 11.3 Å². The van der Waals surface area contributed by atoms with Gasteiger partial charge in [-0.15, -0.1) is 11.8 Å². The van der Waals surface area contributed by atoms with Crippen molar-refractivity contribution in [3.8, 4) is 0 Å². The molecule has 0 aromatic heterocycles. The Morgan fingerprint density at radius 2 is 2.10 bits per heavy atom. The zero-order valence-electron chi connectivity index (χ0n) is 12.1. The number of carbonyl (C=O) groups is 2. The minimum absolute atomic E-state index is 0.00602. The lowest BCUT2D eigenvalue weighted by Crippen LogP contribution is -2.34. The van der Waals surface area contributed by atoms with E-state index in [1.807, 2.05) is 17.0 Å². The van der Waals surface area contributed by atoms with Crippen molar-refractivity contribution < 1.29 is 9.59 Å². The molecule has 0 unspecified atom stereocenters. The zero-order chi connectivity index (χ0) is 14.8. The normalized spacial score (nSPS) is 19.7. The molecule has 0 saturated carbocycles. The highest BCUT2D eigenvalue weighted by Crippen LogP contribution is 2.32. The number of fused-ring (bicyclic) bond motifs is 1. The lowest BCUT2D eigenvalue weighted by Gasteiger charge is -2.22. The molecule has 0 atom stereocenters. The number of nitrogens with zero attached hydrogens (tertiary/aromatic N) is 2. The van der Waals surface area contributed by atoms with Gasteiger partial charge in [-0.05, 0) is 38.2 Å². The van der Waals surface area contributed by atoms with E-state index in [0.717, 1.165) is 43.2 Å². The number of hydrogen-bond donors (Lipinski definition) is 1. The van der Waals surface area contributed by atoms with Gasteiger partial charge in [0, 0.05) is 30.1 Å². The molecule has 2 aliphatic heterocycles. The molecule has 0 bridgehead atoms. The van der Waals surface area contributed by atoms with Gasteiger partial charge in [0.1, 0.15) is 0 Å². The van der Waals surface area contributed by atoms with Crippen LogP contribution in [0.25, 0.3) is 0 Å². The van der Waals surface area contributed by atoms with E-state index >= 15 is 0 Å². The van der Waals surface area contributed by atoms with Gasteiger partial charge >= 0.3 is 0 Å². The van der Waals surface area contributed by atoms with E-state index in [1.54, 1.807) is 6.07 Å². The Labute approximate surface area is 128 Å². The highest BCUT2D eigenvalue weighted by molar-refractivity contribution is 8.00. The van der Waals surface area contributed by atoms with Crippen molar-refractivity contribution in [1.29, 1.82) is 0 Å². The third kappa shape index (κ3) is 3.22. The summed E-state index contributed by atoms with van der Waals surface area (Å²) in [5.41, 5.74) is 1.41. The number of anilines is 1. The Morgan fingerprint density at radius 3 is 2.95 bits per heavy atom. The van der Waals surface area contributed by atoms with E-state index in [2.05, 4.69) is 17.3 Å². The van der Waals surface area contributed by atoms with Crippen LogP contribution < -0.4 is 5.32 Å². The zero-order valence-corrected chi connectivity index (χ0v) is 12.9. The Kier molecular flexibility index (Phi) is 4.17. The van der Waals surface area contributed by atoms with Crippen LogP contribution in [-0.2, 0) is 4.79 Å². The first-order valence-corrected chi connectivity index (χ1v) is 8.16. The van der Waals surface area contributed by atoms with Crippen LogP contribution in [0, 0.1) is 0 Å². The number of carbonyl (C=O) groups excluding carboxylic acids is 2. The summed E-state index contributed by atoms with van der Waals surface area (Å²) in [4.78, 5) is 29.3. The average Bonchev–Trinajstić information content (AvgIpc) is 2.70. The fourth-order valence-corrected chi connectivity index (χ4v) is 3.44. The van der Waals surface area contributed by atoms with Crippen molar-refractivity contribution in [2.75, 3.05) is 44.3 Å². The summed E-state index contributed by atoms with van der Waals surface area (Å²) in [5, 5.41) is 2.84. The van der Waals surface area contributed by atoms with Crippen molar-refractivity contribution in [1.82, 2.24) is 9.80 Å². The number of hydrogen-bond acceptors (Lipinski definition) is 4. The van der Waals surface area contributed by atoms with Crippen LogP contribution >= 0.6 is 11.8 Å². The maximum Gasteiger partial charge on any atom is 0.253 e. The van der Waals surface area contributed by atoms with Crippen molar-refractivity contribution in [3.63, 3.8) is 0 Å². The summed E-state index contributed by atoms with van der Waals surface area (Å²) in [6.07, 6.45) is 1.000. The van der Waals surface area contributed by atoms with Gasteiger partial charge in [0.2, 0.25) is 5.91 Å². The fourth-order valence-electron chi connectivity index (χ4n) is 2.65. The van der Waals surface area contributed by atoms with Gasteiger partial charge in [-0.2, -0.15) is 0 Å². The lowest BCUT2D eigenvalue weighted by molar-refractivity contribution is -0.113. The highest BCUT2D eigenvalue weighted by atomic mass is 32.2. The standard InChI is InChI=1S/C15H19N3O2S/c1-17-5-2-6-18(8-7-17)15(20)11-3-4-13-12(9-11)16-14(19)10-21-13/h3-4,9H,2,5-8,10H2,1H3,(H,16,19). The molecule has 1 N–H and O–H groups in total. The number of benzene rings is 1. The molecule has 21 heavy (non-hydrogen) atoms. The molecule has 1 aromatic rings. The summed E-state index contributed by atoms with van der Waals surface area (Å²) in [5.74, 6) is 0.491. The SMILES string of the molecule is CN1CCCN(C(=O)c2ccc3c(c2)NC(=O)CS3)CC1. The van der Waals surface area contributed by atoms with Crippen molar-refractivity contribution in [3.05, 3.63) is 23.8 Å². The quantitative estimate of drug-likeness (QED) is 0.854. The highest BCUT2D eigenvalue weighted by Gasteiger charge is 2.21. The Morgan fingerprint density at radius 1 is 1.24 bits per heavy atom. The summed E-state index contributed by atoms with van der Waals surface area (Å²) < 4.78 is 0. The maximum atomic E-state index is 12.6. The molecule has 0 spiro atoms. The number of thioether (sulfide) groups is 1. The summed E-state index contributed by atoms with van der Waals surface area (Å²) >= 11 is 1.51. The van der Waals surface area contributed by atoms with Gasteiger partial charge in [-0.1, -0.05) is 0 Å². The van der Waals surface area contributed by atoms with E-state index in [-0.39, 0.29) is 11.8 Å². The van der Waals surface area contributed by atoms with Crippen LogP contribution in [0.2, 0.25) is 0 Å². The van der Waals surface area contributed by atoms with Gasteiger partial charge in [0.25, 0.3) is 5.91 Å². The van der Waals surface area contributed by atoms with Crippen LogP contribution in [0.5, 0.6) is 0 Å². The molecule has 1 fully saturated rings. The van der Waals surface area contributed by atoms with Crippen LogP contribution in [-0.4, -0.2) is 60.6 Å². The Bertz CT molecular complexity index is 576. The smallest absolute Gasteiger partial charge is 0.253 e. The van der Waals surface area contributed by atoms with E-state index in [0.29, 0.717) is 11.3 Å². The molecule has 2 amide bonds. The summed E-state index contributed by atoms with van der Waals surface area (Å²) in [6, 6.07) is 5.59. The average molecular weight is 305 g/mol. The first-order valence-electron chi connectivity index (χ1n) is 7.18. The minimum atomic E-state index is -0.00602. The second-order valence-electron chi connectivity index (χ2n) is 5.50. The second-order valence-corrected chi connectivity index (χ2v) is 6.51. The molecule has 0 radical (unpaired) electrons. The summed E-state index contributed by atoms with van der Waals surface area (Å²) in [7, 11) is 2.08. The molecule has 2 heterocycles. The third-order valence-electron chi connectivity index (χ3n) is 3.87. The fraction of sp³-hybridized carbons (Fsp3) is 0.467. The molecule has 5 nitrogen and oxygen atoms in total. The molecule has 112 valence electrons. The van der Waals surface area contributed by atoms with Crippen LogP contribution in [0.1, 0.15) is 16.8 Å². The van der Waals surface area contributed by atoms with Crippen molar-refractivity contribution in [2.24, 2.45) is 0 Å². The van der Waals surface area contributed by atoms with Crippen LogP contribution in [0.3, 0.4) is 0 Å². The van der Waals surface area contributed by atoms with Crippen LogP contribution in [0.15, 0.2) is 23.1 Å². The van der Waals surface area contributed by atoms with E-state index in [9.17, 15) is 9.59 Å². The van der Waals surface area contributed by atoms with Gasteiger partial charge < -0.3 is 15.1 Å². The first-order chi connectivity index (χ1) is 10.1. The molecular formula is C15H19N3O2S. The number of likely N-dealkylation sites (N-methyl/N-ethyl adjacent to an activating group) is 1.